The van der Waals surface area contributed by atoms with Crippen molar-refractivity contribution in [3.05, 3.63) is 58.1 Å². The Labute approximate surface area is 138 Å². The number of carbonyl (C=O) groups excluding carboxylic acids is 1. The number of halogens is 1. The minimum atomic E-state index is -0.379. The SMILES string of the molecule is Cc1cc(N[C@H](C)C(=O)Nc2ccc(C#N)cc2)ccc1Br. The van der Waals surface area contributed by atoms with Gasteiger partial charge in [0.15, 0.2) is 0 Å². The van der Waals surface area contributed by atoms with Gasteiger partial charge in [-0.2, -0.15) is 5.26 Å². The zero-order valence-electron chi connectivity index (χ0n) is 12.4. The van der Waals surface area contributed by atoms with Gasteiger partial charge < -0.3 is 10.6 Å². The van der Waals surface area contributed by atoms with Gasteiger partial charge in [-0.1, -0.05) is 15.9 Å². The van der Waals surface area contributed by atoms with Crippen molar-refractivity contribution in [3.63, 3.8) is 0 Å². The number of anilines is 2. The third kappa shape index (κ3) is 4.09. The second-order valence-corrected chi connectivity index (χ2v) is 5.86. The van der Waals surface area contributed by atoms with Crippen molar-refractivity contribution in [3.8, 4) is 6.07 Å². The summed E-state index contributed by atoms with van der Waals surface area (Å²) in [5.74, 6) is -0.134. The number of carbonyl (C=O) groups is 1. The molecular formula is C17H16BrN3O. The number of nitrogens with zero attached hydrogens (tertiary/aromatic N) is 1. The van der Waals surface area contributed by atoms with Crippen molar-refractivity contribution >= 4 is 33.2 Å². The van der Waals surface area contributed by atoms with Crippen LogP contribution in [0, 0.1) is 18.3 Å². The first-order valence-corrected chi connectivity index (χ1v) is 7.62. The van der Waals surface area contributed by atoms with E-state index in [0.717, 1.165) is 15.7 Å². The average Bonchev–Trinajstić information content (AvgIpc) is 2.51. The molecule has 22 heavy (non-hydrogen) atoms. The van der Waals surface area contributed by atoms with E-state index >= 15 is 0 Å². The van der Waals surface area contributed by atoms with E-state index in [2.05, 4.69) is 26.6 Å². The molecule has 0 saturated carbocycles. The standard InChI is InChI=1S/C17H16BrN3O/c1-11-9-15(7-8-16(11)18)20-12(2)17(22)21-14-5-3-13(10-19)4-6-14/h3-9,12,20H,1-2H3,(H,21,22)/t12-/m1/s1. The van der Waals surface area contributed by atoms with Crippen molar-refractivity contribution in [2.45, 2.75) is 19.9 Å². The Balaban J connectivity index is 1.99. The van der Waals surface area contributed by atoms with Crippen molar-refractivity contribution in [1.29, 1.82) is 5.26 Å². The maximum atomic E-state index is 12.2. The van der Waals surface area contributed by atoms with E-state index in [1.165, 1.54) is 0 Å². The lowest BCUT2D eigenvalue weighted by Gasteiger charge is -2.16. The van der Waals surface area contributed by atoms with E-state index in [0.29, 0.717) is 11.3 Å². The number of nitriles is 1. The number of rotatable bonds is 4. The summed E-state index contributed by atoms with van der Waals surface area (Å²) in [7, 11) is 0. The number of hydrogen-bond acceptors (Lipinski definition) is 3. The third-order valence-corrected chi connectivity index (χ3v) is 4.11. The van der Waals surface area contributed by atoms with E-state index < -0.39 is 0 Å². The molecule has 0 aromatic heterocycles. The summed E-state index contributed by atoms with van der Waals surface area (Å²) in [4.78, 5) is 12.2. The second-order valence-electron chi connectivity index (χ2n) is 5.01. The van der Waals surface area contributed by atoms with Gasteiger partial charge in [0.1, 0.15) is 6.04 Å². The zero-order valence-corrected chi connectivity index (χ0v) is 13.9. The van der Waals surface area contributed by atoms with Crippen LogP contribution in [-0.4, -0.2) is 11.9 Å². The number of benzene rings is 2. The first kappa shape index (κ1) is 16.1. The smallest absolute Gasteiger partial charge is 0.246 e. The molecule has 1 atom stereocenters. The van der Waals surface area contributed by atoms with Crippen molar-refractivity contribution in [2.24, 2.45) is 0 Å². The lowest BCUT2D eigenvalue weighted by Crippen LogP contribution is -2.31. The first-order valence-electron chi connectivity index (χ1n) is 6.83. The molecule has 0 fully saturated rings. The lowest BCUT2D eigenvalue weighted by molar-refractivity contribution is -0.116. The molecule has 0 unspecified atom stereocenters. The van der Waals surface area contributed by atoms with Gasteiger partial charge in [-0.15, -0.1) is 0 Å². The zero-order chi connectivity index (χ0) is 16.1. The van der Waals surface area contributed by atoms with Gasteiger partial charge >= 0.3 is 0 Å². The molecule has 2 rings (SSSR count). The van der Waals surface area contributed by atoms with Gasteiger partial charge in [0.05, 0.1) is 11.6 Å². The van der Waals surface area contributed by atoms with Crippen LogP contribution in [0.3, 0.4) is 0 Å². The van der Waals surface area contributed by atoms with Crippen molar-refractivity contribution in [2.75, 3.05) is 10.6 Å². The van der Waals surface area contributed by atoms with Gasteiger partial charge in [0.2, 0.25) is 5.91 Å². The fraction of sp³-hybridized carbons (Fsp3) is 0.176. The molecule has 0 radical (unpaired) electrons. The van der Waals surface area contributed by atoms with Crippen LogP contribution < -0.4 is 10.6 Å². The van der Waals surface area contributed by atoms with Gasteiger partial charge in [-0.3, -0.25) is 4.79 Å². The third-order valence-electron chi connectivity index (χ3n) is 3.22. The number of aryl methyl sites for hydroxylation is 1. The summed E-state index contributed by atoms with van der Waals surface area (Å²) in [5, 5.41) is 14.7. The van der Waals surface area contributed by atoms with E-state index in [-0.39, 0.29) is 11.9 Å². The molecule has 1 amide bonds. The van der Waals surface area contributed by atoms with Crippen LogP contribution in [0.2, 0.25) is 0 Å². The summed E-state index contributed by atoms with van der Waals surface area (Å²) >= 11 is 3.45. The van der Waals surface area contributed by atoms with E-state index in [4.69, 9.17) is 5.26 Å². The molecule has 0 aliphatic heterocycles. The fourth-order valence-corrected chi connectivity index (χ4v) is 2.18. The molecule has 0 bridgehead atoms. The molecule has 2 N–H and O–H groups in total. The Hall–Kier alpha value is -2.32. The summed E-state index contributed by atoms with van der Waals surface area (Å²) < 4.78 is 1.03. The number of hydrogen-bond donors (Lipinski definition) is 2. The van der Waals surface area contributed by atoms with E-state index in [1.54, 1.807) is 31.2 Å². The van der Waals surface area contributed by atoms with Crippen LogP contribution in [0.4, 0.5) is 11.4 Å². The van der Waals surface area contributed by atoms with Crippen LogP contribution in [-0.2, 0) is 4.79 Å². The highest BCUT2D eigenvalue weighted by Gasteiger charge is 2.13. The molecule has 4 nitrogen and oxygen atoms in total. The Bertz CT molecular complexity index is 720. The van der Waals surface area contributed by atoms with Gasteiger partial charge in [0.25, 0.3) is 0 Å². The predicted molar refractivity (Wildman–Crippen MR) is 91.8 cm³/mol. The summed E-state index contributed by atoms with van der Waals surface area (Å²) in [6.07, 6.45) is 0. The quantitative estimate of drug-likeness (QED) is 0.866. The molecule has 0 saturated heterocycles. The molecule has 2 aromatic rings. The molecular weight excluding hydrogens is 342 g/mol. The Kier molecular flexibility index (Phi) is 5.18. The molecule has 0 heterocycles. The molecule has 5 heteroatoms. The average molecular weight is 358 g/mol. The summed E-state index contributed by atoms with van der Waals surface area (Å²) in [5.41, 5.74) is 3.23. The molecule has 2 aromatic carbocycles. The normalized spacial score (nSPS) is 11.4. The Morgan fingerprint density at radius 1 is 1.18 bits per heavy atom. The van der Waals surface area contributed by atoms with Crippen LogP contribution in [0.15, 0.2) is 46.9 Å². The Morgan fingerprint density at radius 3 is 2.41 bits per heavy atom. The van der Waals surface area contributed by atoms with Crippen molar-refractivity contribution in [1.82, 2.24) is 0 Å². The fourth-order valence-electron chi connectivity index (χ4n) is 1.93. The largest absolute Gasteiger partial charge is 0.374 e. The highest BCUT2D eigenvalue weighted by atomic mass is 79.9. The summed E-state index contributed by atoms with van der Waals surface area (Å²) in [6.45, 7) is 3.80. The molecule has 0 aliphatic carbocycles. The van der Waals surface area contributed by atoms with Crippen LogP contribution in [0.1, 0.15) is 18.1 Å². The Morgan fingerprint density at radius 2 is 1.82 bits per heavy atom. The first-order chi connectivity index (χ1) is 10.5. The maximum absolute atomic E-state index is 12.2. The minimum absolute atomic E-state index is 0.134. The van der Waals surface area contributed by atoms with Crippen LogP contribution in [0.5, 0.6) is 0 Å². The number of nitrogens with one attached hydrogen (secondary N) is 2. The van der Waals surface area contributed by atoms with Gasteiger partial charge in [-0.05, 0) is 61.9 Å². The number of amides is 1. The minimum Gasteiger partial charge on any atom is -0.374 e. The van der Waals surface area contributed by atoms with Crippen LogP contribution in [0.25, 0.3) is 0 Å². The summed E-state index contributed by atoms with van der Waals surface area (Å²) in [6, 6.07) is 14.3. The highest BCUT2D eigenvalue weighted by molar-refractivity contribution is 9.10. The van der Waals surface area contributed by atoms with E-state index in [9.17, 15) is 4.79 Å². The van der Waals surface area contributed by atoms with Crippen LogP contribution >= 0.6 is 15.9 Å². The predicted octanol–water partition coefficient (Wildman–Crippen LogP) is 4.07. The highest BCUT2D eigenvalue weighted by Crippen LogP contribution is 2.20. The topological polar surface area (TPSA) is 64.9 Å². The van der Waals surface area contributed by atoms with Gasteiger partial charge in [0, 0.05) is 15.8 Å². The lowest BCUT2D eigenvalue weighted by atomic mass is 10.2. The van der Waals surface area contributed by atoms with Gasteiger partial charge in [-0.25, -0.2) is 0 Å². The molecule has 0 spiro atoms. The second kappa shape index (κ2) is 7.10. The molecule has 0 aliphatic rings. The van der Waals surface area contributed by atoms with E-state index in [1.807, 2.05) is 31.2 Å². The monoisotopic (exact) mass is 357 g/mol. The van der Waals surface area contributed by atoms with Crippen molar-refractivity contribution < 1.29 is 4.79 Å². The maximum Gasteiger partial charge on any atom is 0.246 e. The molecule has 112 valence electrons.